The first-order valence-corrected chi connectivity index (χ1v) is 11.5. The molecule has 0 spiro atoms. The van der Waals surface area contributed by atoms with E-state index in [1.807, 2.05) is 61.7 Å². The van der Waals surface area contributed by atoms with Crippen molar-refractivity contribution in [3.63, 3.8) is 0 Å². The van der Waals surface area contributed by atoms with Crippen LogP contribution in [0.1, 0.15) is 50.4 Å². The Morgan fingerprint density at radius 1 is 1.21 bits per heavy atom. The highest BCUT2D eigenvalue weighted by Crippen LogP contribution is 2.36. The SMILES string of the molecule is Cc1cn2c(Nc3cc(C4CCC(OC(=O)NC(C)C)C4)[nH]n3)nc(-c3ccccn3)cc2n1. The van der Waals surface area contributed by atoms with E-state index in [0.29, 0.717) is 11.8 Å². The van der Waals surface area contributed by atoms with E-state index in [4.69, 9.17) is 9.72 Å². The normalized spacial score (nSPS) is 17.9. The van der Waals surface area contributed by atoms with Gasteiger partial charge in [0.1, 0.15) is 11.8 Å². The van der Waals surface area contributed by atoms with Crippen molar-refractivity contribution < 1.29 is 9.53 Å². The van der Waals surface area contributed by atoms with Crippen LogP contribution in [-0.4, -0.2) is 47.8 Å². The summed E-state index contributed by atoms with van der Waals surface area (Å²) >= 11 is 0. The van der Waals surface area contributed by atoms with Gasteiger partial charge in [0.05, 0.1) is 17.1 Å². The van der Waals surface area contributed by atoms with Crippen molar-refractivity contribution in [2.75, 3.05) is 5.32 Å². The number of imidazole rings is 1. The first kappa shape index (κ1) is 21.9. The Morgan fingerprint density at radius 3 is 2.88 bits per heavy atom. The summed E-state index contributed by atoms with van der Waals surface area (Å²) in [5, 5.41) is 13.7. The number of amides is 1. The lowest BCUT2D eigenvalue weighted by molar-refractivity contribution is 0.0981. The number of nitrogens with one attached hydrogen (secondary N) is 3. The van der Waals surface area contributed by atoms with Crippen molar-refractivity contribution in [3.8, 4) is 11.4 Å². The Morgan fingerprint density at radius 2 is 2.09 bits per heavy atom. The van der Waals surface area contributed by atoms with Crippen LogP contribution in [0.4, 0.5) is 16.6 Å². The largest absolute Gasteiger partial charge is 0.446 e. The van der Waals surface area contributed by atoms with E-state index in [1.165, 1.54) is 0 Å². The maximum Gasteiger partial charge on any atom is 0.407 e. The number of alkyl carbamates (subject to hydrolysis) is 1. The lowest BCUT2D eigenvalue weighted by atomic mass is 10.0. The Labute approximate surface area is 197 Å². The van der Waals surface area contributed by atoms with Gasteiger partial charge in [0.2, 0.25) is 5.95 Å². The van der Waals surface area contributed by atoms with E-state index in [2.05, 4.69) is 30.8 Å². The molecule has 1 aliphatic rings. The highest BCUT2D eigenvalue weighted by atomic mass is 16.6. The fourth-order valence-electron chi connectivity index (χ4n) is 4.32. The van der Waals surface area contributed by atoms with E-state index in [9.17, 15) is 4.79 Å². The van der Waals surface area contributed by atoms with Crippen molar-refractivity contribution in [1.82, 2.24) is 34.9 Å². The third-order valence-electron chi connectivity index (χ3n) is 5.84. The molecule has 3 N–H and O–H groups in total. The van der Waals surface area contributed by atoms with Gasteiger partial charge >= 0.3 is 6.09 Å². The highest BCUT2D eigenvalue weighted by Gasteiger charge is 2.30. The minimum Gasteiger partial charge on any atom is -0.446 e. The number of pyridine rings is 1. The second-order valence-electron chi connectivity index (χ2n) is 8.96. The average molecular weight is 461 g/mol. The number of aromatic amines is 1. The average Bonchev–Trinajstić information content (AvgIpc) is 3.53. The van der Waals surface area contributed by atoms with Gasteiger partial charge in [-0.3, -0.25) is 14.5 Å². The number of fused-ring (bicyclic) bond motifs is 1. The van der Waals surface area contributed by atoms with Crippen LogP contribution in [0.15, 0.2) is 42.7 Å². The molecule has 2 atom stereocenters. The van der Waals surface area contributed by atoms with E-state index >= 15 is 0 Å². The molecule has 1 fully saturated rings. The Balaban J connectivity index is 1.33. The fraction of sp³-hybridized carbons (Fsp3) is 0.375. The van der Waals surface area contributed by atoms with E-state index < -0.39 is 0 Å². The van der Waals surface area contributed by atoms with E-state index in [1.54, 1.807) is 6.20 Å². The lowest BCUT2D eigenvalue weighted by Crippen LogP contribution is -2.33. The number of nitrogens with zero attached hydrogens (tertiary/aromatic N) is 5. The summed E-state index contributed by atoms with van der Waals surface area (Å²) in [5.41, 5.74) is 4.19. The number of H-pyrrole nitrogens is 1. The molecule has 2 unspecified atom stereocenters. The predicted octanol–water partition coefficient (Wildman–Crippen LogP) is 4.34. The number of anilines is 2. The first-order valence-electron chi connectivity index (χ1n) is 11.5. The molecule has 1 amide bonds. The maximum atomic E-state index is 11.9. The molecule has 0 bridgehead atoms. The van der Waals surface area contributed by atoms with Crippen molar-refractivity contribution in [1.29, 1.82) is 0 Å². The van der Waals surface area contributed by atoms with Crippen molar-refractivity contribution in [3.05, 3.63) is 54.1 Å². The molecule has 34 heavy (non-hydrogen) atoms. The van der Waals surface area contributed by atoms with Crippen molar-refractivity contribution in [2.24, 2.45) is 0 Å². The number of carbonyl (C=O) groups is 1. The summed E-state index contributed by atoms with van der Waals surface area (Å²) in [7, 11) is 0. The van der Waals surface area contributed by atoms with Gasteiger partial charge < -0.3 is 15.4 Å². The summed E-state index contributed by atoms with van der Waals surface area (Å²) < 4.78 is 7.46. The second-order valence-corrected chi connectivity index (χ2v) is 8.96. The second kappa shape index (κ2) is 9.12. The van der Waals surface area contributed by atoms with E-state index in [0.717, 1.165) is 47.7 Å². The van der Waals surface area contributed by atoms with Crippen LogP contribution < -0.4 is 10.6 Å². The van der Waals surface area contributed by atoms with Crippen molar-refractivity contribution >= 4 is 23.5 Å². The summed E-state index contributed by atoms with van der Waals surface area (Å²) in [4.78, 5) is 25.7. The van der Waals surface area contributed by atoms with Crippen molar-refractivity contribution in [2.45, 2.75) is 58.1 Å². The number of carbonyl (C=O) groups excluding carboxylic acids is 1. The van der Waals surface area contributed by atoms with Gasteiger partial charge in [0.15, 0.2) is 5.82 Å². The molecule has 10 heteroatoms. The van der Waals surface area contributed by atoms with Gasteiger partial charge in [-0.1, -0.05) is 6.07 Å². The van der Waals surface area contributed by atoms with Gasteiger partial charge in [-0.15, -0.1) is 0 Å². The van der Waals surface area contributed by atoms with Crippen LogP contribution in [0.5, 0.6) is 0 Å². The Kier molecular flexibility index (Phi) is 5.87. The summed E-state index contributed by atoms with van der Waals surface area (Å²) in [6.45, 7) is 5.78. The molecular weight excluding hydrogens is 432 g/mol. The molecule has 0 saturated heterocycles. The van der Waals surface area contributed by atoms with Gasteiger partial charge in [-0.2, -0.15) is 5.10 Å². The molecule has 176 valence electrons. The van der Waals surface area contributed by atoms with Crippen LogP contribution in [0, 0.1) is 6.92 Å². The number of hydrogen-bond acceptors (Lipinski definition) is 7. The smallest absolute Gasteiger partial charge is 0.407 e. The quantitative estimate of drug-likeness (QED) is 0.391. The number of rotatable bonds is 6. The number of hydrogen-bond donors (Lipinski definition) is 3. The standard InChI is InChI=1S/C24H28N8O2/c1-14(2)26-24(33)34-17-8-7-16(10-17)19-11-21(31-30-19)29-23-28-20(18-6-4-5-9-25-18)12-22-27-15(3)13-32(22)23/h4-6,9,11-14,16-17H,7-8,10H2,1-3H3,(H,26,33)(H2,28,29,30,31). The lowest BCUT2D eigenvalue weighted by Gasteiger charge is -2.14. The highest BCUT2D eigenvalue weighted by molar-refractivity contribution is 5.68. The molecule has 0 aliphatic heterocycles. The molecule has 4 heterocycles. The third-order valence-corrected chi connectivity index (χ3v) is 5.84. The zero-order chi connectivity index (χ0) is 23.7. The summed E-state index contributed by atoms with van der Waals surface area (Å²) in [5.74, 6) is 1.52. The van der Waals surface area contributed by atoms with Crippen LogP contribution in [0.25, 0.3) is 17.0 Å². The van der Waals surface area contributed by atoms with Gasteiger partial charge in [-0.05, 0) is 52.2 Å². The molecule has 4 aromatic rings. The first-order chi connectivity index (χ1) is 16.4. The number of ether oxygens (including phenoxy) is 1. The zero-order valence-electron chi connectivity index (χ0n) is 19.4. The van der Waals surface area contributed by atoms with Crippen LogP contribution in [0.2, 0.25) is 0 Å². The Bertz CT molecular complexity index is 1300. The topological polar surface area (TPSA) is 122 Å². The molecule has 0 radical (unpaired) electrons. The van der Waals surface area contributed by atoms with Gasteiger partial charge in [0.25, 0.3) is 0 Å². The zero-order valence-corrected chi connectivity index (χ0v) is 19.4. The molecular formula is C24H28N8O2. The molecule has 1 saturated carbocycles. The molecule has 5 rings (SSSR count). The monoisotopic (exact) mass is 460 g/mol. The van der Waals surface area contributed by atoms with Crippen LogP contribution in [0.3, 0.4) is 0 Å². The third kappa shape index (κ3) is 4.70. The maximum absolute atomic E-state index is 11.9. The van der Waals surface area contributed by atoms with E-state index in [-0.39, 0.29) is 24.2 Å². The predicted molar refractivity (Wildman–Crippen MR) is 128 cm³/mol. The molecule has 1 aliphatic carbocycles. The minimum atomic E-state index is -0.355. The summed E-state index contributed by atoms with van der Waals surface area (Å²) in [6.07, 6.45) is 5.77. The molecule has 4 aromatic heterocycles. The minimum absolute atomic E-state index is 0.0569. The molecule has 10 nitrogen and oxygen atoms in total. The fourth-order valence-corrected chi connectivity index (χ4v) is 4.32. The number of aryl methyl sites for hydroxylation is 1. The summed E-state index contributed by atoms with van der Waals surface area (Å²) in [6, 6.07) is 9.70. The molecule has 0 aromatic carbocycles. The number of aromatic nitrogens is 6. The van der Waals surface area contributed by atoms with Gasteiger partial charge in [0, 0.05) is 42.2 Å². The van der Waals surface area contributed by atoms with Crippen LogP contribution >= 0.6 is 0 Å². The van der Waals surface area contributed by atoms with Gasteiger partial charge in [-0.25, -0.2) is 14.8 Å². The Hall–Kier alpha value is -3.95. The van der Waals surface area contributed by atoms with Crippen LogP contribution in [-0.2, 0) is 4.74 Å².